The Balaban J connectivity index is 1.43. The molecule has 1 N–H and O–H groups in total. The third-order valence-corrected chi connectivity index (χ3v) is 6.14. The van der Waals surface area contributed by atoms with Gasteiger partial charge in [-0.15, -0.1) is 0 Å². The van der Waals surface area contributed by atoms with E-state index in [0.29, 0.717) is 6.10 Å². The van der Waals surface area contributed by atoms with Crippen molar-refractivity contribution in [3.8, 4) is 0 Å². The van der Waals surface area contributed by atoms with Crippen molar-refractivity contribution < 1.29 is 9.84 Å². The highest BCUT2D eigenvalue weighted by molar-refractivity contribution is 4.86. The lowest BCUT2D eigenvalue weighted by Gasteiger charge is -2.40. The molecule has 23 heavy (non-hydrogen) atoms. The molecule has 0 bridgehead atoms. The van der Waals surface area contributed by atoms with Gasteiger partial charge < -0.3 is 9.84 Å². The van der Waals surface area contributed by atoms with Crippen LogP contribution in [0.4, 0.5) is 0 Å². The second kappa shape index (κ2) is 11.5. The summed E-state index contributed by atoms with van der Waals surface area (Å²) in [5.41, 5.74) is 0. The van der Waals surface area contributed by atoms with Crippen molar-refractivity contribution in [2.24, 2.45) is 11.8 Å². The Morgan fingerprint density at radius 3 is 2.13 bits per heavy atom. The summed E-state index contributed by atoms with van der Waals surface area (Å²) < 4.78 is 6.15. The van der Waals surface area contributed by atoms with E-state index in [2.05, 4.69) is 6.92 Å². The van der Waals surface area contributed by atoms with E-state index in [1.807, 2.05) is 0 Å². The normalized spacial score (nSPS) is 31.0. The van der Waals surface area contributed by atoms with Gasteiger partial charge in [-0.05, 0) is 56.8 Å². The molecule has 4 unspecified atom stereocenters. The van der Waals surface area contributed by atoms with Crippen LogP contribution in [0.25, 0.3) is 0 Å². The fourth-order valence-corrected chi connectivity index (χ4v) is 4.64. The quantitative estimate of drug-likeness (QED) is 0.482. The first-order chi connectivity index (χ1) is 11.3. The summed E-state index contributed by atoms with van der Waals surface area (Å²) in [6.07, 6.45) is 20.0. The lowest BCUT2D eigenvalue weighted by molar-refractivity contribution is -0.0337. The predicted molar refractivity (Wildman–Crippen MR) is 97.7 cm³/mol. The van der Waals surface area contributed by atoms with Crippen LogP contribution in [0.3, 0.4) is 0 Å². The average Bonchev–Trinajstić information content (AvgIpc) is 2.56. The minimum Gasteiger partial charge on any atom is -0.393 e. The van der Waals surface area contributed by atoms with Crippen molar-refractivity contribution in [2.45, 2.75) is 115 Å². The zero-order chi connectivity index (χ0) is 16.3. The molecule has 2 aliphatic rings. The third-order valence-electron chi connectivity index (χ3n) is 6.14. The van der Waals surface area contributed by atoms with Gasteiger partial charge in [-0.1, -0.05) is 58.3 Å². The number of aliphatic hydroxyl groups is 1. The van der Waals surface area contributed by atoms with Gasteiger partial charge in [0.1, 0.15) is 0 Å². The zero-order valence-electron chi connectivity index (χ0n) is 15.5. The largest absolute Gasteiger partial charge is 0.393 e. The first kappa shape index (κ1) is 19.2. The third kappa shape index (κ3) is 7.56. The van der Waals surface area contributed by atoms with Crippen molar-refractivity contribution in [1.82, 2.24) is 0 Å². The van der Waals surface area contributed by atoms with Crippen LogP contribution in [0.5, 0.6) is 0 Å². The van der Waals surface area contributed by atoms with Crippen LogP contribution in [0, 0.1) is 11.8 Å². The summed E-state index contributed by atoms with van der Waals surface area (Å²) in [5.74, 6) is 1.62. The molecular weight excluding hydrogens is 284 g/mol. The minimum absolute atomic E-state index is 0.0349. The van der Waals surface area contributed by atoms with Crippen LogP contribution in [-0.4, -0.2) is 23.9 Å². The van der Waals surface area contributed by atoms with Gasteiger partial charge in [0, 0.05) is 6.61 Å². The Morgan fingerprint density at radius 2 is 1.39 bits per heavy atom. The van der Waals surface area contributed by atoms with Gasteiger partial charge in [0.05, 0.1) is 12.2 Å². The Bertz CT molecular complexity index is 292. The summed E-state index contributed by atoms with van der Waals surface area (Å²) in [4.78, 5) is 0. The molecule has 2 fully saturated rings. The van der Waals surface area contributed by atoms with Crippen molar-refractivity contribution in [3.63, 3.8) is 0 Å². The van der Waals surface area contributed by atoms with Crippen LogP contribution in [-0.2, 0) is 4.74 Å². The van der Waals surface area contributed by atoms with Crippen LogP contribution < -0.4 is 0 Å². The number of aliphatic hydroxyl groups excluding tert-OH is 1. The first-order valence-electron chi connectivity index (χ1n) is 10.6. The predicted octanol–water partition coefficient (Wildman–Crippen LogP) is 5.86. The molecule has 0 aliphatic heterocycles. The number of fused-ring (bicyclic) bond motifs is 1. The fourth-order valence-electron chi connectivity index (χ4n) is 4.64. The van der Waals surface area contributed by atoms with Crippen LogP contribution >= 0.6 is 0 Å². The van der Waals surface area contributed by atoms with E-state index in [4.69, 9.17) is 4.74 Å². The SMILES string of the molecule is CCCCCCCCCCCOC1CCC2CCC(O)CC2C1. The number of ether oxygens (including phenoxy) is 1. The molecule has 0 spiro atoms. The topological polar surface area (TPSA) is 29.5 Å². The van der Waals surface area contributed by atoms with Gasteiger partial charge in [-0.25, -0.2) is 0 Å². The van der Waals surface area contributed by atoms with E-state index in [1.54, 1.807) is 0 Å². The van der Waals surface area contributed by atoms with Crippen LogP contribution in [0.15, 0.2) is 0 Å². The maximum atomic E-state index is 9.86. The molecule has 2 nitrogen and oxygen atoms in total. The van der Waals surface area contributed by atoms with Crippen LogP contribution in [0.1, 0.15) is 103 Å². The Labute approximate surface area is 144 Å². The van der Waals surface area contributed by atoms with E-state index in [0.717, 1.165) is 31.3 Å². The molecule has 2 saturated carbocycles. The van der Waals surface area contributed by atoms with Crippen LogP contribution in [0.2, 0.25) is 0 Å². The maximum absolute atomic E-state index is 9.86. The highest BCUT2D eigenvalue weighted by Gasteiger charge is 2.35. The molecule has 0 heterocycles. The first-order valence-corrected chi connectivity index (χ1v) is 10.6. The fraction of sp³-hybridized carbons (Fsp3) is 1.00. The number of rotatable bonds is 11. The molecule has 136 valence electrons. The highest BCUT2D eigenvalue weighted by atomic mass is 16.5. The van der Waals surface area contributed by atoms with Crippen molar-refractivity contribution in [1.29, 1.82) is 0 Å². The minimum atomic E-state index is -0.0349. The number of hydrogen-bond donors (Lipinski definition) is 1. The standard InChI is InChI=1S/C21H40O2/c1-2-3-4-5-6-7-8-9-10-15-23-21-14-12-18-11-13-20(22)16-19(18)17-21/h18-22H,2-17H2,1H3. The Hall–Kier alpha value is -0.0800. The number of hydrogen-bond acceptors (Lipinski definition) is 2. The molecular formula is C21H40O2. The maximum Gasteiger partial charge on any atom is 0.0578 e. The van der Waals surface area contributed by atoms with Crippen molar-refractivity contribution in [3.05, 3.63) is 0 Å². The monoisotopic (exact) mass is 324 g/mol. The lowest BCUT2D eigenvalue weighted by atomic mass is 9.69. The van der Waals surface area contributed by atoms with E-state index in [9.17, 15) is 5.11 Å². The molecule has 0 aromatic heterocycles. The Kier molecular flexibility index (Phi) is 9.60. The van der Waals surface area contributed by atoms with E-state index in [1.165, 1.54) is 83.5 Å². The van der Waals surface area contributed by atoms with Gasteiger partial charge >= 0.3 is 0 Å². The van der Waals surface area contributed by atoms with Gasteiger partial charge in [-0.3, -0.25) is 0 Å². The van der Waals surface area contributed by atoms with E-state index >= 15 is 0 Å². The molecule has 0 aromatic carbocycles. The molecule has 0 amide bonds. The smallest absolute Gasteiger partial charge is 0.0578 e. The van der Waals surface area contributed by atoms with Gasteiger partial charge in [0.2, 0.25) is 0 Å². The van der Waals surface area contributed by atoms with E-state index in [-0.39, 0.29) is 6.10 Å². The lowest BCUT2D eigenvalue weighted by Crippen LogP contribution is -2.35. The van der Waals surface area contributed by atoms with Gasteiger partial charge in [0.25, 0.3) is 0 Å². The molecule has 2 heteroatoms. The summed E-state index contributed by atoms with van der Waals surface area (Å²) in [6.45, 7) is 3.24. The average molecular weight is 325 g/mol. The summed E-state index contributed by atoms with van der Waals surface area (Å²) in [5, 5.41) is 9.86. The summed E-state index contributed by atoms with van der Waals surface area (Å²) in [7, 11) is 0. The second-order valence-electron chi connectivity index (χ2n) is 8.12. The molecule has 2 rings (SSSR count). The van der Waals surface area contributed by atoms with Gasteiger partial charge in [0.15, 0.2) is 0 Å². The zero-order valence-corrected chi connectivity index (χ0v) is 15.5. The summed E-state index contributed by atoms with van der Waals surface area (Å²) in [6, 6.07) is 0. The van der Waals surface area contributed by atoms with E-state index < -0.39 is 0 Å². The van der Waals surface area contributed by atoms with Gasteiger partial charge in [-0.2, -0.15) is 0 Å². The number of unbranched alkanes of at least 4 members (excludes halogenated alkanes) is 8. The molecule has 0 saturated heterocycles. The highest BCUT2D eigenvalue weighted by Crippen LogP contribution is 2.41. The van der Waals surface area contributed by atoms with Crippen molar-refractivity contribution >= 4 is 0 Å². The molecule has 4 atom stereocenters. The second-order valence-corrected chi connectivity index (χ2v) is 8.12. The van der Waals surface area contributed by atoms with Crippen molar-refractivity contribution in [2.75, 3.05) is 6.61 Å². The molecule has 0 aromatic rings. The Morgan fingerprint density at radius 1 is 0.739 bits per heavy atom. The molecule has 2 aliphatic carbocycles. The molecule has 0 radical (unpaired) electrons. The summed E-state index contributed by atoms with van der Waals surface area (Å²) >= 11 is 0.